The monoisotopic (exact) mass is 421 g/mol. The number of rotatable bonds is 4. The number of benzene rings is 1. The van der Waals surface area contributed by atoms with Crippen molar-refractivity contribution in [3.63, 3.8) is 0 Å². The van der Waals surface area contributed by atoms with Crippen molar-refractivity contribution < 1.29 is 14.3 Å². The van der Waals surface area contributed by atoms with E-state index in [9.17, 15) is 9.59 Å². The number of ketones is 1. The maximum atomic E-state index is 13.2. The largest absolute Gasteiger partial charge is 0.462 e. The molecule has 28 heavy (non-hydrogen) atoms. The smallest absolute Gasteiger partial charge is 0.336 e. The van der Waals surface area contributed by atoms with Crippen LogP contribution in [0.4, 0.5) is 0 Å². The minimum absolute atomic E-state index is 0.0214. The summed E-state index contributed by atoms with van der Waals surface area (Å²) in [6, 6.07) is 5.30. The van der Waals surface area contributed by atoms with Crippen LogP contribution in [0.2, 0.25) is 10.0 Å². The maximum absolute atomic E-state index is 13.2. The van der Waals surface area contributed by atoms with Gasteiger partial charge in [-0.05, 0) is 36.8 Å². The Hall–Kier alpha value is -1.78. The number of carbonyl (C=O) groups excluding carboxylic acids is 2. The van der Waals surface area contributed by atoms with Crippen LogP contribution >= 0.6 is 23.2 Å². The van der Waals surface area contributed by atoms with Gasteiger partial charge in [0.15, 0.2) is 5.78 Å². The van der Waals surface area contributed by atoms with Gasteiger partial charge in [-0.2, -0.15) is 0 Å². The molecule has 0 aromatic heterocycles. The highest BCUT2D eigenvalue weighted by Gasteiger charge is 2.43. The van der Waals surface area contributed by atoms with Gasteiger partial charge in [0, 0.05) is 29.3 Å². The zero-order valence-corrected chi connectivity index (χ0v) is 18.1. The summed E-state index contributed by atoms with van der Waals surface area (Å²) in [5.41, 5.74) is 3.06. The number of esters is 1. The Labute approximate surface area is 175 Å². The van der Waals surface area contributed by atoms with Crippen LogP contribution in [0.15, 0.2) is 40.7 Å². The Kier molecular flexibility index (Phi) is 5.92. The molecule has 0 bridgehead atoms. The Balaban J connectivity index is 2.20. The molecular weight excluding hydrogens is 397 g/mol. The fourth-order valence-electron chi connectivity index (χ4n) is 4.03. The van der Waals surface area contributed by atoms with Crippen molar-refractivity contribution >= 4 is 35.0 Å². The van der Waals surface area contributed by atoms with E-state index >= 15 is 0 Å². The molecule has 0 saturated heterocycles. The standard InChI is InChI=1S/C22H25Cl2NO3/c1-5-9-28-21(27)17-12(2)25-15-10-22(3,4)11-16(26)19(15)18(17)13-7-6-8-14(23)20(13)24/h6-8,18,25H,5,9-11H2,1-4H3. The number of dihydropyridines is 1. The van der Waals surface area contributed by atoms with Crippen LogP contribution < -0.4 is 5.32 Å². The second-order valence-corrected chi connectivity index (χ2v) is 8.99. The van der Waals surface area contributed by atoms with Crippen LogP contribution in [0, 0.1) is 5.41 Å². The van der Waals surface area contributed by atoms with Crippen LogP contribution in [0.5, 0.6) is 0 Å². The van der Waals surface area contributed by atoms with E-state index in [1.54, 1.807) is 12.1 Å². The fraction of sp³-hybridized carbons (Fsp3) is 0.455. The van der Waals surface area contributed by atoms with E-state index in [1.807, 2.05) is 19.9 Å². The molecule has 0 fully saturated rings. The molecule has 1 aliphatic heterocycles. The lowest BCUT2D eigenvalue weighted by atomic mass is 9.68. The summed E-state index contributed by atoms with van der Waals surface area (Å²) in [6.07, 6.45) is 1.85. The number of allylic oxidation sites excluding steroid dienone is 3. The molecule has 4 nitrogen and oxygen atoms in total. The molecule has 0 spiro atoms. The van der Waals surface area contributed by atoms with Crippen LogP contribution in [0.1, 0.15) is 58.4 Å². The third-order valence-corrected chi connectivity index (χ3v) is 6.02. The quantitative estimate of drug-likeness (QED) is 0.647. The van der Waals surface area contributed by atoms with Gasteiger partial charge in [0.2, 0.25) is 0 Å². The lowest BCUT2D eigenvalue weighted by molar-refractivity contribution is -0.139. The zero-order valence-electron chi connectivity index (χ0n) is 16.6. The van der Waals surface area contributed by atoms with Crippen molar-refractivity contribution in [3.05, 3.63) is 56.3 Å². The summed E-state index contributed by atoms with van der Waals surface area (Å²) >= 11 is 12.8. The average molecular weight is 422 g/mol. The molecule has 1 aromatic rings. The average Bonchev–Trinajstić information content (AvgIpc) is 2.59. The molecule has 1 unspecified atom stereocenters. The first-order valence-corrected chi connectivity index (χ1v) is 10.3. The van der Waals surface area contributed by atoms with E-state index in [0.29, 0.717) is 45.5 Å². The number of nitrogens with one attached hydrogen (secondary N) is 1. The highest BCUT2D eigenvalue weighted by atomic mass is 35.5. The minimum Gasteiger partial charge on any atom is -0.462 e. The Bertz CT molecular complexity index is 899. The predicted octanol–water partition coefficient (Wildman–Crippen LogP) is 5.55. The van der Waals surface area contributed by atoms with Crippen LogP contribution in [0.3, 0.4) is 0 Å². The maximum Gasteiger partial charge on any atom is 0.336 e. The van der Waals surface area contributed by atoms with Crippen LogP contribution in [-0.4, -0.2) is 18.4 Å². The number of hydrogen-bond acceptors (Lipinski definition) is 4. The van der Waals surface area contributed by atoms with Crippen molar-refractivity contribution in [2.75, 3.05) is 6.61 Å². The molecule has 2 aliphatic rings. The van der Waals surface area contributed by atoms with Gasteiger partial charge in [-0.3, -0.25) is 4.79 Å². The zero-order chi connectivity index (χ0) is 20.6. The summed E-state index contributed by atoms with van der Waals surface area (Å²) in [5.74, 6) is -0.999. The highest BCUT2D eigenvalue weighted by molar-refractivity contribution is 6.42. The van der Waals surface area contributed by atoms with Crippen LogP contribution in [-0.2, 0) is 14.3 Å². The molecule has 0 saturated carbocycles. The van der Waals surface area contributed by atoms with Crippen molar-refractivity contribution in [1.29, 1.82) is 0 Å². The van der Waals surface area contributed by atoms with E-state index < -0.39 is 11.9 Å². The van der Waals surface area contributed by atoms with Crippen molar-refractivity contribution in [2.24, 2.45) is 5.41 Å². The summed E-state index contributed by atoms with van der Waals surface area (Å²) in [7, 11) is 0. The van der Waals surface area contributed by atoms with E-state index in [1.165, 1.54) is 0 Å². The predicted molar refractivity (Wildman–Crippen MR) is 111 cm³/mol. The molecule has 3 rings (SSSR count). The van der Waals surface area contributed by atoms with E-state index in [-0.39, 0.29) is 11.2 Å². The van der Waals surface area contributed by atoms with Gasteiger partial charge in [0.25, 0.3) is 0 Å². The molecule has 1 N–H and O–H groups in total. The molecule has 1 aromatic carbocycles. The molecule has 0 amide bonds. The van der Waals surface area contributed by atoms with Gasteiger partial charge in [0.05, 0.1) is 22.2 Å². The van der Waals surface area contributed by atoms with Crippen LogP contribution in [0.25, 0.3) is 0 Å². The Morgan fingerprint density at radius 1 is 1.29 bits per heavy atom. The van der Waals surface area contributed by atoms with Gasteiger partial charge < -0.3 is 10.1 Å². The van der Waals surface area contributed by atoms with Gasteiger partial charge in [0.1, 0.15) is 0 Å². The normalized spacial score (nSPS) is 21.4. The molecule has 1 heterocycles. The number of Topliss-reactive ketones (excluding diaryl/α,β-unsaturated/α-hetero) is 1. The van der Waals surface area contributed by atoms with Gasteiger partial charge >= 0.3 is 5.97 Å². The molecule has 1 atom stereocenters. The molecule has 6 heteroatoms. The minimum atomic E-state index is -0.588. The molecule has 1 aliphatic carbocycles. The topological polar surface area (TPSA) is 55.4 Å². The fourth-order valence-corrected chi connectivity index (χ4v) is 4.45. The Morgan fingerprint density at radius 2 is 2.00 bits per heavy atom. The Morgan fingerprint density at radius 3 is 2.68 bits per heavy atom. The second-order valence-electron chi connectivity index (χ2n) is 8.21. The first kappa shape index (κ1) is 20.9. The second kappa shape index (κ2) is 7.92. The van der Waals surface area contributed by atoms with E-state index in [2.05, 4.69) is 19.2 Å². The lowest BCUT2D eigenvalue weighted by Gasteiger charge is -2.39. The number of halogens is 2. The van der Waals surface area contributed by atoms with Gasteiger partial charge in [-0.25, -0.2) is 4.79 Å². The number of ether oxygens (including phenoxy) is 1. The third-order valence-electron chi connectivity index (χ3n) is 5.19. The van der Waals surface area contributed by atoms with Crippen molar-refractivity contribution in [1.82, 2.24) is 5.32 Å². The summed E-state index contributed by atoms with van der Waals surface area (Å²) in [5, 5.41) is 4.05. The lowest BCUT2D eigenvalue weighted by Crippen LogP contribution is -2.38. The number of carbonyl (C=O) groups is 2. The first-order valence-electron chi connectivity index (χ1n) is 9.51. The molecule has 0 radical (unpaired) electrons. The summed E-state index contributed by atoms with van der Waals surface area (Å²) < 4.78 is 5.43. The summed E-state index contributed by atoms with van der Waals surface area (Å²) in [4.78, 5) is 26.1. The summed E-state index contributed by atoms with van der Waals surface area (Å²) in [6.45, 7) is 8.23. The highest BCUT2D eigenvalue weighted by Crippen LogP contribution is 2.48. The van der Waals surface area contributed by atoms with Crippen molar-refractivity contribution in [2.45, 2.75) is 52.9 Å². The van der Waals surface area contributed by atoms with E-state index in [0.717, 1.165) is 18.5 Å². The molecular formula is C22H25Cl2NO3. The van der Waals surface area contributed by atoms with Crippen molar-refractivity contribution in [3.8, 4) is 0 Å². The molecule has 150 valence electrons. The van der Waals surface area contributed by atoms with Gasteiger partial charge in [-0.15, -0.1) is 0 Å². The SMILES string of the molecule is CCCOC(=O)C1=C(C)NC2=C(C(=O)CC(C)(C)C2)C1c1cccc(Cl)c1Cl. The first-order chi connectivity index (χ1) is 13.2. The number of hydrogen-bond donors (Lipinski definition) is 1. The van der Waals surface area contributed by atoms with Gasteiger partial charge in [-0.1, -0.05) is 56.1 Å². The third kappa shape index (κ3) is 3.85. The van der Waals surface area contributed by atoms with E-state index in [4.69, 9.17) is 27.9 Å².